The zero-order valence-electron chi connectivity index (χ0n) is 9.87. The number of methoxy groups -OCH3 is 1. The van der Waals surface area contributed by atoms with Crippen LogP contribution < -0.4 is 4.74 Å². The van der Waals surface area contributed by atoms with E-state index in [9.17, 15) is 4.79 Å². The van der Waals surface area contributed by atoms with E-state index < -0.39 is 5.97 Å². The molecule has 2 rings (SSSR count). The van der Waals surface area contributed by atoms with Crippen molar-refractivity contribution < 1.29 is 14.3 Å². The number of pyridine rings is 2. The Morgan fingerprint density at radius 1 is 1.22 bits per heavy atom. The van der Waals surface area contributed by atoms with Crippen molar-refractivity contribution in [1.29, 1.82) is 0 Å². The lowest BCUT2D eigenvalue weighted by molar-refractivity contribution is 0.0595. The minimum atomic E-state index is -0.446. The molecule has 0 bridgehead atoms. The lowest BCUT2D eigenvalue weighted by Crippen LogP contribution is -2.06. The Bertz CT molecular complexity index is 529. The Hall–Kier alpha value is -2.43. The Balaban J connectivity index is 2.12. The van der Waals surface area contributed by atoms with Gasteiger partial charge in [-0.1, -0.05) is 6.07 Å². The van der Waals surface area contributed by atoms with Gasteiger partial charge in [0.25, 0.3) is 0 Å². The van der Waals surface area contributed by atoms with Crippen molar-refractivity contribution in [3.05, 3.63) is 54.1 Å². The Morgan fingerprint density at radius 2 is 2.06 bits per heavy atom. The molecule has 0 atom stereocenters. The molecule has 0 aliphatic rings. The Labute approximate surface area is 104 Å². The number of hydrogen-bond acceptors (Lipinski definition) is 5. The maximum Gasteiger partial charge on any atom is 0.341 e. The number of carbonyl (C=O) groups excluding carboxylic acids is 1. The molecule has 0 aromatic carbocycles. The summed E-state index contributed by atoms with van der Waals surface area (Å²) < 4.78 is 10.2. The zero-order valence-corrected chi connectivity index (χ0v) is 9.87. The summed E-state index contributed by atoms with van der Waals surface area (Å²) in [6, 6.07) is 5.27. The van der Waals surface area contributed by atoms with Crippen molar-refractivity contribution in [2.45, 2.75) is 6.61 Å². The van der Waals surface area contributed by atoms with E-state index in [2.05, 4.69) is 14.7 Å². The van der Waals surface area contributed by atoms with Crippen LogP contribution in [0.1, 0.15) is 15.9 Å². The third-order valence-corrected chi connectivity index (χ3v) is 2.31. The standard InChI is InChI=1S/C13H12N2O3/c1-17-13(16)11-4-6-15-8-12(11)18-9-10-3-2-5-14-7-10/h2-8H,9H2,1H3. The van der Waals surface area contributed by atoms with Crippen LogP contribution in [0.25, 0.3) is 0 Å². The number of ether oxygens (including phenoxy) is 2. The van der Waals surface area contributed by atoms with Crippen LogP contribution in [0.2, 0.25) is 0 Å². The first-order valence-corrected chi connectivity index (χ1v) is 5.35. The second-order valence-corrected chi connectivity index (χ2v) is 3.51. The monoisotopic (exact) mass is 244 g/mol. The van der Waals surface area contributed by atoms with Gasteiger partial charge in [0.1, 0.15) is 12.2 Å². The van der Waals surface area contributed by atoms with Gasteiger partial charge < -0.3 is 9.47 Å². The van der Waals surface area contributed by atoms with Gasteiger partial charge in [0.15, 0.2) is 5.75 Å². The van der Waals surface area contributed by atoms with E-state index in [1.165, 1.54) is 19.5 Å². The van der Waals surface area contributed by atoms with E-state index in [4.69, 9.17) is 4.74 Å². The highest BCUT2D eigenvalue weighted by Crippen LogP contribution is 2.18. The molecule has 0 spiro atoms. The van der Waals surface area contributed by atoms with Crippen LogP contribution in [0, 0.1) is 0 Å². The van der Waals surface area contributed by atoms with Gasteiger partial charge in [-0.25, -0.2) is 4.79 Å². The topological polar surface area (TPSA) is 61.3 Å². The number of aromatic nitrogens is 2. The molecule has 0 amide bonds. The maximum atomic E-state index is 11.5. The van der Waals surface area contributed by atoms with Crippen molar-refractivity contribution in [1.82, 2.24) is 9.97 Å². The summed E-state index contributed by atoms with van der Waals surface area (Å²) in [6.07, 6.45) is 6.40. The summed E-state index contributed by atoms with van der Waals surface area (Å²) in [6.45, 7) is 0.323. The fourth-order valence-corrected chi connectivity index (χ4v) is 1.42. The molecule has 0 unspecified atom stereocenters. The van der Waals surface area contributed by atoms with Gasteiger partial charge in [0.05, 0.1) is 13.3 Å². The highest BCUT2D eigenvalue weighted by atomic mass is 16.5. The average molecular weight is 244 g/mol. The normalized spacial score (nSPS) is 9.83. The van der Waals surface area contributed by atoms with Gasteiger partial charge in [-0.15, -0.1) is 0 Å². The SMILES string of the molecule is COC(=O)c1ccncc1OCc1cccnc1. The van der Waals surface area contributed by atoms with E-state index >= 15 is 0 Å². The average Bonchev–Trinajstić information content (AvgIpc) is 2.45. The molecular formula is C13H12N2O3. The van der Waals surface area contributed by atoms with Gasteiger partial charge >= 0.3 is 5.97 Å². The summed E-state index contributed by atoms with van der Waals surface area (Å²) in [7, 11) is 1.33. The van der Waals surface area contributed by atoms with Crippen LogP contribution >= 0.6 is 0 Å². The van der Waals surface area contributed by atoms with Crippen LogP contribution in [0.4, 0.5) is 0 Å². The molecule has 2 aromatic rings. The summed E-state index contributed by atoms with van der Waals surface area (Å²) in [5, 5.41) is 0. The third kappa shape index (κ3) is 2.82. The minimum Gasteiger partial charge on any atom is -0.486 e. The second kappa shape index (κ2) is 5.77. The zero-order chi connectivity index (χ0) is 12.8. The number of carbonyl (C=O) groups is 1. The Morgan fingerprint density at radius 3 is 2.78 bits per heavy atom. The first-order valence-electron chi connectivity index (χ1n) is 5.35. The molecule has 0 saturated carbocycles. The van der Waals surface area contributed by atoms with Crippen LogP contribution in [0.5, 0.6) is 5.75 Å². The lowest BCUT2D eigenvalue weighted by Gasteiger charge is -2.09. The van der Waals surface area contributed by atoms with E-state index in [1.807, 2.05) is 12.1 Å². The summed E-state index contributed by atoms with van der Waals surface area (Å²) in [5.41, 5.74) is 1.27. The summed E-state index contributed by atoms with van der Waals surface area (Å²) >= 11 is 0. The van der Waals surface area contributed by atoms with Gasteiger partial charge in [-0.05, 0) is 12.1 Å². The first kappa shape index (κ1) is 12.0. The molecule has 5 heteroatoms. The molecule has 92 valence electrons. The summed E-state index contributed by atoms with van der Waals surface area (Å²) in [5.74, 6) is -0.0493. The van der Waals surface area contributed by atoms with Gasteiger partial charge in [0, 0.05) is 24.2 Å². The van der Waals surface area contributed by atoms with Crippen LogP contribution in [0.3, 0.4) is 0 Å². The number of hydrogen-bond donors (Lipinski definition) is 0. The first-order chi connectivity index (χ1) is 8.81. The van der Waals surface area contributed by atoms with Crippen LogP contribution in [-0.4, -0.2) is 23.0 Å². The molecule has 0 aliphatic heterocycles. The quantitative estimate of drug-likeness (QED) is 0.768. The molecule has 2 heterocycles. The highest BCUT2D eigenvalue weighted by Gasteiger charge is 2.12. The van der Waals surface area contributed by atoms with Crippen LogP contribution in [0.15, 0.2) is 43.0 Å². The van der Waals surface area contributed by atoms with E-state index in [1.54, 1.807) is 18.5 Å². The van der Waals surface area contributed by atoms with Crippen molar-refractivity contribution in [3.8, 4) is 5.75 Å². The van der Waals surface area contributed by atoms with E-state index in [0.717, 1.165) is 5.56 Å². The fourth-order valence-electron chi connectivity index (χ4n) is 1.42. The molecule has 0 N–H and O–H groups in total. The molecule has 2 aromatic heterocycles. The molecule has 0 aliphatic carbocycles. The van der Waals surface area contributed by atoms with Crippen molar-refractivity contribution in [3.63, 3.8) is 0 Å². The highest BCUT2D eigenvalue weighted by molar-refractivity contribution is 5.92. The predicted octanol–water partition coefficient (Wildman–Crippen LogP) is 1.84. The van der Waals surface area contributed by atoms with Crippen molar-refractivity contribution >= 4 is 5.97 Å². The predicted molar refractivity (Wildman–Crippen MR) is 64.1 cm³/mol. The molecule has 0 fully saturated rings. The van der Waals surface area contributed by atoms with Gasteiger partial charge in [-0.2, -0.15) is 0 Å². The molecule has 0 saturated heterocycles. The molecule has 5 nitrogen and oxygen atoms in total. The van der Waals surface area contributed by atoms with Crippen LogP contribution in [-0.2, 0) is 11.3 Å². The third-order valence-electron chi connectivity index (χ3n) is 2.31. The Kier molecular flexibility index (Phi) is 3.86. The molecule has 0 radical (unpaired) electrons. The second-order valence-electron chi connectivity index (χ2n) is 3.51. The lowest BCUT2D eigenvalue weighted by atomic mass is 10.2. The fraction of sp³-hybridized carbons (Fsp3) is 0.154. The summed E-state index contributed by atoms with van der Waals surface area (Å²) in [4.78, 5) is 19.4. The maximum absolute atomic E-state index is 11.5. The molecular weight excluding hydrogens is 232 g/mol. The minimum absolute atomic E-state index is 0.323. The van der Waals surface area contributed by atoms with Gasteiger partial charge in [0.2, 0.25) is 0 Å². The van der Waals surface area contributed by atoms with Crippen molar-refractivity contribution in [2.24, 2.45) is 0 Å². The van der Waals surface area contributed by atoms with E-state index in [0.29, 0.717) is 17.9 Å². The number of esters is 1. The number of rotatable bonds is 4. The van der Waals surface area contributed by atoms with Crippen molar-refractivity contribution in [2.75, 3.05) is 7.11 Å². The molecule has 18 heavy (non-hydrogen) atoms. The van der Waals surface area contributed by atoms with E-state index in [-0.39, 0.29) is 0 Å². The largest absolute Gasteiger partial charge is 0.486 e. The van der Waals surface area contributed by atoms with Gasteiger partial charge in [-0.3, -0.25) is 9.97 Å². The number of nitrogens with zero attached hydrogens (tertiary/aromatic N) is 2. The smallest absolute Gasteiger partial charge is 0.341 e.